The van der Waals surface area contributed by atoms with Crippen LogP contribution in [0, 0.1) is 5.92 Å². The summed E-state index contributed by atoms with van der Waals surface area (Å²) in [6.07, 6.45) is 0.855. The first-order valence-electron chi connectivity index (χ1n) is 11.0. The van der Waals surface area contributed by atoms with E-state index in [-0.39, 0.29) is 17.3 Å². The Kier molecular flexibility index (Phi) is 7.71. The number of methoxy groups -OCH3 is 1. The number of ether oxygens (including phenoxy) is 2. The Morgan fingerprint density at radius 1 is 1.09 bits per heavy atom. The largest absolute Gasteiger partial charge is 0.495 e. The number of nitrogens with zero attached hydrogens (tertiary/aromatic N) is 1. The van der Waals surface area contributed by atoms with Gasteiger partial charge < -0.3 is 19.7 Å². The van der Waals surface area contributed by atoms with Gasteiger partial charge in [-0.25, -0.2) is 13.2 Å². The summed E-state index contributed by atoms with van der Waals surface area (Å²) in [7, 11) is -2.46. The van der Waals surface area contributed by atoms with Crippen molar-refractivity contribution in [3.8, 4) is 5.75 Å². The predicted molar refractivity (Wildman–Crippen MR) is 129 cm³/mol. The number of carbonyl (C=O) groups is 2. The second-order valence-electron chi connectivity index (χ2n) is 9.09. The third-order valence-corrected chi connectivity index (χ3v) is 6.57. The highest BCUT2D eigenvalue weighted by molar-refractivity contribution is 7.92. The number of anilines is 2. The fourth-order valence-corrected chi connectivity index (χ4v) is 4.72. The van der Waals surface area contributed by atoms with E-state index in [2.05, 4.69) is 10.0 Å². The van der Waals surface area contributed by atoms with Crippen molar-refractivity contribution >= 4 is 33.4 Å². The maximum Gasteiger partial charge on any atom is 0.410 e. The number of piperidine rings is 1. The maximum atomic E-state index is 12.9. The number of sulfonamides is 1. The average molecular weight is 490 g/mol. The van der Waals surface area contributed by atoms with Crippen LogP contribution in [0.1, 0.15) is 33.6 Å². The van der Waals surface area contributed by atoms with Crippen LogP contribution in [0.15, 0.2) is 53.4 Å². The first kappa shape index (κ1) is 25.4. The first-order chi connectivity index (χ1) is 16.0. The lowest BCUT2D eigenvalue weighted by atomic mass is 9.97. The molecule has 1 aliphatic rings. The zero-order valence-electron chi connectivity index (χ0n) is 19.8. The number of para-hydroxylation sites is 2. The van der Waals surface area contributed by atoms with Gasteiger partial charge in [-0.1, -0.05) is 18.2 Å². The highest BCUT2D eigenvalue weighted by atomic mass is 32.2. The molecule has 0 bridgehead atoms. The second-order valence-corrected chi connectivity index (χ2v) is 10.8. The Bertz CT molecular complexity index is 1140. The van der Waals surface area contributed by atoms with E-state index in [0.717, 1.165) is 0 Å². The summed E-state index contributed by atoms with van der Waals surface area (Å²) in [6.45, 7) is 6.16. The topological polar surface area (TPSA) is 114 Å². The number of hydrogen-bond acceptors (Lipinski definition) is 6. The van der Waals surface area contributed by atoms with Crippen LogP contribution in [0.25, 0.3) is 0 Å². The minimum absolute atomic E-state index is 0.00442. The third kappa shape index (κ3) is 6.63. The highest BCUT2D eigenvalue weighted by Gasteiger charge is 2.31. The van der Waals surface area contributed by atoms with Gasteiger partial charge in [0, 0.05) is 18.8 Å². The van der Waals surface area contributed by atoms with Crippen molar-refractivity contribution in [3.63, 3.8) is 0 Å². The van der Waals surface area contributed by atoms with Gasteiger partial charge >= 0.3 is 6.09 Å². The molecule has 10 heteroatoms. The lowest BCUT2D eigenvalue weighted by Gasteiger charge is -2.33. The van der Waals surface area contributed by atoms with Crippen molar-refractivity contribution in [1.29, 1.82) is 0 Å². The van der Waals surface area contributed by atoms with Crippen molar-refractivity contribution in [2.75, 3.05) is 30.2 Å². The number of carbonyl (C=O) groups excluding carboxylic acids is 2. The van der Waals surface area contributed by atoms with E-state index in [9.17, 15) is 18.0 Å². The third-order valence-electron chi connectivity index (χ3n) is 5.21. The molecule has 0 spiro atoms. The molecule has 0 aliphatic carbocycles. The van der Waals surface area contributed by atoms with Crippen molar-refractivity contribution in [1.82, 2.24) is 4.90 Å². The summed E-state index contributed by atoms with van der Waals surface area (Å²) in [5.41, 5.74) is 0.0434. The number of benzene rings is 2. The Morgan fingerprint density at radius 2 is 1.82 bits per heavy atom. The van der Waals surface area contributed by atoms with Crippen LogP contribution < -0.4 is 14.8 Å². The lowest BCUT2D eigenvalue weighted by molar-refractivity contribution is -0.121. The van der Waals surface area contributed by atoms with E-state index < -0.39 is 27.6 Å². The maximum absolute atomic E-state index is 12.9. The standard InChI is InChI=1S/C24H31N3O6S/c1-24(2,3)33-23(29)27-14-8-9-17(16-27)22(28)25-18-10-7-11-19(15-18)34(30,31)26-20-12-5-6-13-21(20)32-4/h5-7,10-13,15,17,26H,8-9,14,16H2,1-4H3,(H,25,28)/t17-/m1/s1. The molecule has 0 saturated carbocycles. The van der Waals surface area contributed by atoms with Gasteiger partial charge in [-0.3, -0.25) is 9.52 Å². The van der Waals surface area contributed by atoms with Gasteiger partial charge in [0.05, 0.1) is 23.6 Å². The van der Waals surface area contributed by atoms with E-state index in [0.29, 0.717) is 36.5 Å². The molecule has 3 rings (SSSR count). The summed E-state index contributed by atoms with van der Waals surface area (Å²) in [5.74, 6) is -0.309. The van der Waals surface area contributed by atoms with Crippen molar-refractivity contribution in [2.24, 2.45) is 5.92 Å². The summed E-state index contributed by atoms with van der Waals surface area (Å²) >= 11 is 0. The lowest BCUT2D eigenvalue weighted by Crippen LogP contribution is -2.45. The molecule has 34 heavy (non-hydrogen) atoms. The molecular weight excluding hydrogens is 458 g/mol. The molecule has 1 atom stereocenters. The molecule has 1 saturated heterocycles. The molecule has 1 heterocycles. The van der Waals surface area contributed by atoms with E-state index in [1.807, 2.05) is 0 Å². The molecule has 2 N–H and O–H groups in total. The summed E-state index contributed by atoms with van der Waals surface area (Å²) < 4.78 is 38.9. The molecule has 2 aromatic rings. The zero-order valence-corrected chi connectivity index (χ0v) is 20.6. The monoisotopic (exact) mass is 489 g/mol. The SMILES string of the molecule is COc1ccccc1NS(=O)(=O)c1cccc(NC(=O)[C@@H]2CCCN(C(=O)OC(C)(C)C)C2)c1. The van der Waals surface area contributed by atoms with Crippen LogP contribution in [0.5, 0.6) is 5.75 Å². The van der Waals surface area contributed by atoms with Crippen LogP contribution in [-0.2, 0) is 19.6 Å². The molecule has 184 valence electrons. The Labute approximate surface area is 200 Å². The molecule has 2 amide bonds. The number of amides is 2. The second kappa shape index (κ2) is 10.3. The Hall–Kier alpha value is -3.27. The zero-order chi connectivity index (χ0) is 24.9. The summed E-state index contributed by atoms with van der Waals surface area (Å²) in [4.78, 5) is 26.8. The molecule has 0 unspecified atom stereocenters. The first-order valence-corrected chi connectivity index (χ1v) is 12.5. The van der Waals surface area contributed by atoms with Crippen LogP contribution in [0.3, 0.4) is 0 Å². The van der Waals surface area contributed by atoms with E-state index in [1.165, 1.54) is 24.1 Å². The van der Waals surface area contributed by atoms with Gasteiger partial charge in [-0.05, 0) is 63.9 Å². The number of rotatable bonds is 6. The smallest absolute Gasteiger partial charge is 0.410 e. The van der Waals surface area contributed by atoms with Crippen molar-refractivity contribution in [2.45, 2.75) is 44.1 Å². The highest BCUT2D eigenvalue weighted by Crippen LogP contribution is 2.27. The minimum Gasteiger partial charge on any atom is -0.495 e. The van der Waals surface area contributed by atoms with Crippen LogP contribution in [0.4, 0.5) is 16.2 Å². The molecule has 9 nitrogen and oxygen atoms in total. The molecular formula is C24H31N3O6S. The molecule has 1 aliphatic heterocycles. The van der Waals surface area contributed by atoms with Crippen LogP contribution in [-0.4, -0.2) is 51.1 Å². The number of nitrogens with one attached hydrogen (secondary N) is 2. The number of hydrogen-bond donors (Lipinski definition) is 2. The Morgan fingerprint density at radius 3 is 2.53 bits per heavy atom. The van der Waals surface area contributed by atoms with Gasteiger partial charge in [0.2, 0.25) is 5.91 Å². The van der Waals surface area contributed by atoms with E-state index in [4.69, 9.17) is 9.47 Å². The fraction of sp³-hybridized carbons (Fsp3) is 0.417. The average Bonchev–Trinajstić information content (AvgIpc) is 2.78. The van der Waals surface area contributed by atoms with Gasteiger partial charge in [0.25, 0.3) is 10.0 Å². The molecule has 2 aromatic carbocycles. The van der Waals surface area contributed by atoms with Gasteiger partial charge in [0.1, 0.15) is 11.4 Å². The number of likely N-dealkylation sites (tertiary alicyclic amines) is 1. The van der Waals surface area contributed by atoms with E-state index >= 15 is 0 Å². The minimum atomic E-state index is -3.92. The van der Waals surface area contributed by atoms with Crippen molar-refractivity contribution in [3.05, 3.63) is 48.5 Å². The normalized spacial score (nSPS) is 16.5. The van der Waals surface area contributed by atoms with Crippen LogP contribution >= 0.6 is 0 Å². The van der Waals surface area contributed by atoms with Gasteiger partial charge in [0.15, 0.2) is 0 Å². The summed E-state index contributed by atoms with van der Waals surface area (Å²) in [6, 6.07) is 12.7. The van der Waals surface area contributed by atoms with E-state index in [1.54, 1.807) is 57.2 Å². The summed E-state index contributed by atoms with van der Waals surface area (Å²) in [5, 5.41) is 2.78. The quantitative estimate of drug-likeness (QED) is 0.632. The van der Waals surface area contributed by atoms with Gasteiger partial charge in [-0.2, -0.15) is 0 Å². The Balaban J connectivity index is 1.69. The fourth-order valence-electron chi connectivity index (χ4n) is 3.60. The van der Waals surface area contributed by atoms with Crippen molar-refractivity contribution < 1.29 is 27.5 Å². The molecule has 0 radical (unpaired) electrons. The molecule has 0 aromatic heterocycles. The predicted octanol–water partition coefficient (Wildman–Crippen LogP) is 4.08. The molecule has 1 fully saturated rings. The van der Waals surface area contributed by atoms with Crippen LogP contribution in [0.2, 0.25) is 0 Å². The van der Waals surface area contributed by atoms with Gasteiger partial charge in [-0.15, -0.1) is 0 Å².